The molecule has 0 amide bonds. The predicted octanol–water partition coefficient (Wildman–Crippen LogP) is 3.53. The number of nitrogens with zero attached hydrogens (tertiary/aromatic N) is 3. The van der Waals surface area contributed by atoms with E-state index < -0.39 is 0 Å². The first-order valence-electron chi connectivity index (χ1n) is 10.3. The zero-order valence-electron chi connectivity index (χ0n) is 16.2. The van der Waals surface area contributed by atoms with Crippen LogP contribution in [0.4, 0.5) is 0 Å². The average molecular weight is 381 g/mol. The smallest absolute Gasteiger partial charge is 0.132 e. The van der Waals surface area contributed by atoms with Crippen LogP contribution in [-0.2, 0) is 4.74 Å². The van der Waals surface area contributed by atoms with Crippen molar-refractivity contribution < 1.29 is 14.2 Å². The maximum atomic E-state index is 9.23. The highest BCUT2D eigenvalue weighted by Crippen LogP contribution is 2.32. The van der Waals surface area contributed by atoms with Crippen molar-refractivity contribution in [3.63, 3.8) is 0 Å². The van der Waals surface area contributed by atoms with E-state index in [1.807, 2.05) is 18.2 Å². The van der Waals surface area contributed by atoms with Gasteiger partial charge in [0.1, 0.15) is 30.3 Å². The van der Waals surface area contributed by atoms with E-state index in [4.69, 9.17) is 14.2 Å². The van der Waals surface area contributed by atoms with Crippen LogP contribution in [-0.4, -0.2) is 55.4 Å². The van der Waals surface area contributed by atoms with E-state index in [-0.39, 0.29) is 6.10 Å². The van der Waals surface area contributed by atoms with Gasteiger partial charge in [-0.05, 0) is 32.0 Å². The number of piperidine rings is 1. The highest BCUT2D eigenvalue weighted by molar-refractivity contribution is 5.87. The minimum absolute atomic E-state index is 0.117. The molecule has 2 saturated heterocycles. The topological polar surface area (TPSA) is 67.6 Å². The molecule has 148 valence electrons. The Morgan fingerprint density at radius 1 is 1.14 bits per heavy atom. The molecule has 6 heteroatoms. The van der Waals surface area contributed by atoms with Crippen LogP contribution < -0.4 is 9.47 Å². The Kier molecular flexibility index (Phi) is 6.25. The number of rotatable bonds is 6. The Balaban J connectivity index is 1.52. The maximum Gasteiger partial charge on any atom is 0.132 e. The van der Waals surface area contributed by atoms with Crippen LogP contribution >= 0.6 is 0 Å². The third-order valence-corrected chi connectivity index (χ3v) is 5.45. The first-order chi connectivity index (χ1) is 13.8. The molecule has 2 aromatic rings. The molecule has 0 atom stereocenters. The summed E-state index contributed by atoms with van der Waals surface area (Å²) in [6.07, 6.45) is 7.35. The van der Waals surface area contributed by atoms with Crippen LogP contribution in [0.5, 0.6) is 11.5 Å². The first kappa shape index (κ1) is 19.0. The van der Waals surface area contributed by atoms with Gasteiger partial charge in [0.05, 0.1) is 24.3 Å². The minimum Gasteiger partial charge on any atom is -0.492 e. The van der Waals surface area contributed by atoms with E-state index in [1.165, 1.54) is 19.3 Å². The van der Waals surface area contributed by atoms with E-state index >= 15 is 0 Å². The first-order valence-corrected chi connectivity index (χ1v) is 10.3. The van der Waals surface area contributed by atoms with E-state index in [0.717, 1.165) is 68.1 Å². The highest BCUT2D eigenvalue weighted by atomic mass is 16.5. The molecule has 2 aliphatic rings. The molecule has 2 aliphatic heterocycles. The van der Waals surface area contributed by atoms with Crippen molar-refractivity contribution in [1.29, 1.82) is 5.26 Å². The second-order valence-electron chi connectivity index (χ2n) is 7.50. The molecule has 1 aromatic heterocycles. The van der Waals surface area contributed by atoms with Gasteiger partial charge in [0, 0.05) is 43.1 Å². The molecule has 0 radical (unpaired) electrons. The summed E-state index contributed by atoms with van der Waals surface area (Å²) in [5.74, 6) is 1.51. The SMILES string of the molecule is N#Cc1cnc2cc(OCCN3CCCCC3)cc(OC3CCOCC3)c2c1. The van der Waals surface area contributed by atoms with E-state index in [2.05, 4.69) is 16.0 Å². The zero-order chi connectivity index (χ0) is 19.2. The summed E-state index contributed by atoms with van der Waals surface area (Å²) >= 11 is 0. The second-order valence-corrected chi connectivity index (χ2v) is 7.50. The molecule has 0 spiro atoms. The minimum atomic E-state index is 0.117. The van der Waals surface area contributed by atoms with Crippen LogP contribution in [0.3, 0.4) is 0 Å². The van der Waals surface area contributed by atoms with E-state index in [1.54, 1.807) is 6.20 Å². The number of likely N-dealkylation sites (tertiary alicyclic amines) is 1. The molecule has 0 N–H and O–H groups in total. The molecule has 6 nitrogen and oxygen atoms in total. The number of hydrogen-bond donors (Lipinski definition) is 0. The molecule has 0 unspecified atom stereocenters. The van der Waals surface area contributed by atoms with Crippen LogP contribution in [0.25, 0.3) is 10.9 Å². The van der Waals surface area contributed by atoms with Crippen LogP contribution in [0.1, 0.15) is 37.7 Å². The summed E-state index contributed by atoms with van der Waals surface area (Å²) in [6.45, 7) is 5.36. The summed E-state index contributed by atoms with van der Waals surface area (Å²) in [4.78, 5) is 6.91. The molecule has 2 fully saturated rings. The Morgan fingerprint density at radius 2 is 1.96 bits per heavy atom. The predicted molar refractivity (Wildman–Crippen MR) is 107 cm³/mol. The number of nitriles is 1. The van der Waals surface area contributed by atoms with Crippen molar-refractivity contribution in [2.75, 3.05) is 39.5 Å². The number of pyridine rings is 1. The third-order valence-electron chi connectivity index (χ3n) is 5.45. The lowest BCUT2D eigenvalue weighted by atomic mass is 10.1. The van der Waals surface area contributed by atoms with Gasteiger partial charge < -0.3 is 14.2 Å². The van der Waals surface area contributed by atoms with Gasteiger partial charge in [0.25, 0.3) is 0 Å². The standard InChI is InChI=1S/C22H27N3O3/c23-15-17-12-20-21(24-16-17)13-19(27-11-8-25-6-2-1-3-7-25)14-22(20)28-18-4-9-26-10-5-18/h12-14,16,18H,1-11H2. The molecule has 0 aliphatic carbocycles. The molecule has 3 heterocycles. The monoisotopic (exact) mass is 381 g/mol. The lowest BCUT2D eigenvalue weighted by molar-refractivity contribution is 0.0261. The molecule has 0 bridgehead atoms. The van der Waals surface area contributed by atoms with Gasteiger partial charge in [0.2, 0.25) is 0 Å². The molecular formula is C22H27N3O3. The van der Waals surface area contributed by atoms with Crippen LogP contribution in [0, 0.1) is 11.3 Å². The number of ether oxygens (including phenoxy) is 3. The second kappa shape index (κ2) is 9.22. The summed E-state index contributed by atoms with van der Waals surface area (Å²) in [5, 5.41) is 10.1. The van der Waals surface area contributed by atoms with Crippen molar-refractivity contribution in [3.8, 4) is 17.6 Å². The van der Waals surface area contributed by atoms with E-state index in [9.17, 15) is 5.26 Å². The summed E-state index contributed by atoms with van der Waals surface area (Å²) in [5.41, 5.74) is 1.32. The normalized spacial score (nSPS) is 18.7. The number of fused-ring (bicyclic) bond motifs is 1. The fraction of sp³-hybridized carbons (Fsp3) is 0.545. The average Bonchev–Trinajstić information content (AvgIpc) is 2.75. The van der Waals surface area contributed by atoms with Gasteiger partial charge in [-0.15, -0.1) is 0 Å². The lowest BCUT2D eigenvalue weighted by Crippen LogP contribution is -2.33. The number of hydrogen-bond acceptors (Lipinski definition) is 6. The van der Waals surface area contributed by atoms with Gasteiger partial charge in [-0.3, -0.25) is 9.88 Å². The van der Waals surface area contributed by atoms with Crippen molar-refractivity contribution >= 4 is 10.9 Å². The maximum absolute atomic E-state index is 9.23. The largest absolute Gasteiger partial charge is 0.492 e. The summed E-state index contributed by atoms with van der Waals surface area (Å²) < 4.78 is 17.8. The highest BCUT2D eigenvalue weighted by Gasteiger charge is 2.18. The fourth-order valence-electron chi connectivity index (χ4n) is 3.86. The van der Waals surface area contributed by atoms with Gasteiger partial charge in [-0.2, -0.15) is 5.26 Å². The number of aromatic nitrogens is 1. The van der Waals surface area contributed by atoms with Crippen molar-refractivity contribution in [3.05, 3.63) is 30.0 Å². The third kappa shape index (κ3) is 4.73. The molecule has 0 saturated carbocycles. The van der Waals surface area contributed by atoms with Crippen molar-refractivity contribution in [1.82, 2.24) is 9.88 Å². The zero-order valence-corrected chi connectivity index (χ0v) is 16.2. The lowest BCUT2D eigenvalue weighted by Gasteiger charge is -2.26. The van der Waals surface area contributed by atoms with Gasteiger partial charge >= 0.3 is 0 Å². The van der Waals surface area contributed by atoms with Crippen LogP contribution in [0.15, 0.2) is 24.4 Å². The molecule has 1 aromatic carbocycles. The Labute approximate surface area is 166 Å². The van der Waals surface area contributed by atoms with E-state index in [0.29, 0.717) is 12.2 Å². The van der Waals surface area contributed by atoms with Gasteiger partial charge in [-0.25, -0.2) is 0 Å². The van der Waals surface area contributed by atoms with Gasteiger partial charge in [-0.1, -0.05) is 6.42 Å². The number of benzene rings is 1. The van der Waals surface area contributed by atoms with Crippen molar-refractivity contribution in [2.24, 2.45) is 0 Å². The molecular weight excluding hydrogens is 354 g/mol. The Morgan fingerprint density at radius 3 is 2.75 bits per heavy atom. The fourth-order valence-corrected chi connectivity index (χ4v) is 3.86. The van der Waals surface area contributed by atoms with Crippen LogP contribution in [0.2, 0.25) is 0 Å². The Hall–Kier alpha value is -2.36. The van der Waals surface area contributed by atoms with Gasteiger partial charge in [0.15, 0.2) is 0 Å². The summed E-state index contributed by atoms with van der Waals surface area (Å²) in [6, 6.07) is 7.88. The molecule has 4 rings (SSSR count). The Bertz CT molecular complexity index is 837. The molecule has 28 heavy (non-hydrogen) atoms. The van der Waals surface area contributed by atoms with Crippen molar-refractivity contribution in [2.45, 2.75) is 38.2 Å². The quantitative estimate of drug-likeness (QED) is 0.763. The summed E-state index contributed by atoms with van der Waals surface area (Å²) in [7, 11) is 0.